The first-order chi connectivity index (χ1) is 9.70. The van der Waals surface area contributed by atoms with Crippen LogP contribution in [0.5, 0.6) is 0 Å². The molecule has 0 amide bonds. The summed E-state index contributed by atoms with van der Waals surface area (Å²) in [6.45, 7) is 1.21. The first-order valence-electron chi connectivity index (χ1n) is 5.76. The fraction of sp³-hybridized carbons (Fsp3) is 1.00. The first kappa shape index (κ1) is 22.3. The zero-order valence-electron chi connectivity index (χ0n) is 11.7. The van der Waals surface area contributed by atoms with E-state index in [4.69, 9.17) is 19.6 Å². The molecule has 0 saturated carbocycles. The van der Waals surface area contributed by atoms with Crippen LogP contribution in [0.15, 0.2) is 0 Å². The van der Waals surface area contributed by atoms with Crippen LogP contribution in [0.4, 0.5) is 0 Å². The van der Waals surface area contributed by atoms with Gasteiger partial charge in [-0.2, -0.15) is 0 Å². The van der Waals surface area contributed by atoms with Gasteiger partial charge in [0.25, 0.3) is 0 Å². The number of rotatable bonds is 11. The summed E-state index contributed by atoms with van der Waals surface area (Å²) < 4.78 is 49.8. The van der Waals surface area contributed by atoms with E-state index in [9.17, 15) is 18.6 Å². The largest absolute Gasteiger partial charge is 0.472 e. The van der Waals surface area contributed by atoms with Gasteiger partial charge in [0.1, 0.15) is 0 Å². The van der Waals surface area contributed by atoms with E-state index in [0.29, 0.717) is 0 Å². The summed E-state index contributed by atoms with van der Waals surface area (Å²) in [6, 6.07) is 0. The molecule has 0 saturated heterocycles. The number of hydrogen-bond donors (Lipinski definition) is 5. The molecule has 0 aliphatic rings. The summed E-state index contributed by atoms with van der Waals surface area (Å²) >= 11 is 0. The van der Waals surface area contributed by atoms with E-state index in [1.807, 2.05) is 0 Å². The van der Waals surface area contributed by atoms with E-state index in [1.54, 1.807) is 0 Å². The monoisotopic (exact) mass is 388 g/mol. The van der Waals surface area contributed by atoms with E-state index >= 15 is 0 Å². The Morgan fingerprint density at radius 1 is 0.773 bits per heavy atom. The van der Waals surface area contributed by atoms with Crippen molar-refractivity contribution in [3.05, 3.63) is 0 Å². The van der Waals surface area contributed by atoms with Gasteiger partial charge in [0.15, 0.2) is 0 Å². The quantitative estimate of drug-likeness (QED) is 0.306. The number of phosphoric ester groups is 3. The molecule has 5 N–H and O–H groups in total. The number of hydrogen-bond acceptors (Lipinski definition) is 7. The van der Waals surface area contributed by atoms with Gasteiger partial charge >= 0.3 is 23.5 Å². The van der Waals surface area contributed by atoms with Crippen LogP contribution in [0.2, 0.25) is 0 Å². The fourth-order valence-corrected chi connectivity index (χ4v) is 2.89. The van der Waals surface area contributed by atoms with Gasteiger partial charge in [0, 0.05) is 5.92 Å². The van der Waals surface area contributed by atoms with Crippen molar-refractivity contribution < 1.29 is 56.3 Å². The third-order valence-electron chi connectivity index (χ3n) is 1.84. The predicted molar refractivity (Wildman–Crippen MR) is 71.5 cm³/mol. The molecule has 22 heavy (non-hydrogen) atoms. The third-order valence-corrected chi connectivity index (χ3v) is 3.91. The third kappa shape index (κ3) is 14.0. The Morgan fingerprint density at radius 3 is 1.68 bits per heavy atom. The molecule has 3 unspecified atom stereocenters. The van der Waals surface area contributed by atoms with Crippen LogP contribution in [-0.2, 0) is 31.8 Å². The molecule has 0 fully saturated rings. The van der Waals surface area contributed by atoms with Crippen LogP contribution < -0.4 is 0 Å². The van der Waals surface area contributed by atoms with Crippen LogP contribution in [-0.4, -0.2) is 50.4 Å². The Labute approximate surface area is 126 Å². The van der Waals surface area contributed by atoms with Gasteiger partial charge in [-0.1, -0.05) is 6.92 Å². The lowest BCUT2D eigenvalue weighted by Crippen LogP contribution is -2.16. The minimum atomic E-state index is -4.74. The normalized spacial score (nSPS) is 18.7. The summed E-state index contributed by atoms with van der Waals surface area (Å²) in [5.41, 5.74) is 0. The molecular weight excluding hydrogens is 369 g/mol. The molecule has 0 spiro atoms. The smallest absolute Gasteiger partial charge is 0.303 e. The molecule has 0 aliphatic heterocycles. The molecular formula is C7H19O12P3. The van der Waals surface area contributed by atoms with Gasteiger partial charge < -0.3 is 24.5 Å². The second-order valence-electron chi connectivity index (χ2n) is 4.36. The Hall–Kier alpha value is 0.330. The van der Waals surface area contributed by atoms with Crippen molar-refractivity contribution in [2.24, 2.45) is 5.92 Å². The van der Waals surface area contributed by atoms with Crippen LogP contribution in [0.3, 0.4) is 0 Å². The molecule has 15 heteroatoms. The highest BCUT2D eigenvalue weighted by molar-refractivity contribution is 7.47. The molecule has 0 aliphatic carbocycles. The lowest BCUT2D eigenvalue weighted by Gasteiger charge is -2.18. The van der Waals surface area contributed by atoms with Gasteiger partial charge in [-0.25, -0.2) is 13.7 Å². The maximum atomic E-state index is 11.5. The van der Waals surface area contributed by atoms with E-state index in [0.717, 1.165) is 0 Å². The predicted octanol–water partition coefficient (Wildman–Crippen LogP) is 0.363. The lowest BCUT2D eigenvalue weighted by molar-refractivity contribution is 0.0654. The molecule has 0 aromatic rings. The molecule has 0 bridgehead atoms. The van der Waals surface area contributed by atoms with Gasteiger partial charge in [0.05, 0.1) is 25.9 Å². The SMILES string of the molecule is CC(COP(=O)(O)O)COP(=O)(O)OCC(C)OP(=O)(O)O. The van der Waals surface area contributed by atoms with Gasteiger partial charge in [-0.3, -0.25) is 18.1 Å². The molecule has 0 radical (unpaired) electrons. The van der Waals surface area contributed by atoms with E-state index in [1.165, 1.54) is 13.8 Å². The van der Waals surface area contributed by atoms with E-state index in [-0.39, 0.29) is 0 Å². The zero-order valence-corrected chi connectivity index (χ0v) is 14.4. The van der Waals surface area contributed by atoms with Crippen molar-refractivity contribution in [1.29, 1.82) is 0 Å². The van der Waals surface area contributed by atoms with E-state index in [2.05, 4.69) is 18.1 Å². The van der Waals surface area contributed by atoms with Crippen molar-refractivity contribution in [2.45, 2.75) is 20.0 Å². The van der Waals surface area contributed by atoms with Crippen molar-refractivity contribution in [1.82, 2.24) is 0 Å². The highest BCUT2D eigenvalue weighted by Gasteiger charge is 2.26. The minimum absolute atomic E-state index is 0.401. The standard InChI is InChI=1S/C7H19O12P3/c1-6(3-16-20(8,9)10)4-17-22(14,15)18-5-7(2)19-21(11,12)13/h6-7H,3-5H2,1-2H3,(H,14,15)(H2,8,9,10)(H2,11,12,13). The summed E-state index contributed by atoms with van der Waals surface area (Å²) in [7, 11) is -13.9. The van der Waals surface area contributed by atoms with Crippen molar-refractivity contribution in [2.75, 3.05) is 19.8 Å². The zero-order chi connectivity index (χ0) is 17.6. The highest BCUT2D eigenvalue weighted by Crippen LogP contribution is 2.45. The molecule has 0 rings (SSSR count). The topological polar surface area (TPSA) is 189 Å². The Balaban J connectivity index is 4.12. The Kier molecular flexibility index (Phi) is 9.12. The summed E-state index contributed by atoms with van der Waals surface area (Å²) in [5, 5.41) is 0. The molecule has 0 aromatic heterocycles. The van der Waals surface area contributed by atoms with Gasteiger partial charge in [0.2, 0.25) is 0 Å². The van der Waals surface area contributed by atoms with Crippen molar-refractivity contribution in [3.63, 3.8) is 0 Å². The van der Waals surface area contributed by atoms with E-state index < -0.39 is 55.3 Å². The number of phosphoric acid groups is 3. The van der Waals surface area contributed by atoms with Crippen LogP contribution in [0.25, 0.3) is 0 Å². The average molecular weight is 388 g/mol. The average Bonchev–Trinajstić information content (AvgIpc) is 2.29. The summed E-state index contributed by atoms with van der Waals surface area (Å²) in [4.78, 5) is 43.3. The van der Waals surface area contributed by atoms with Crippen molar-refractivity contribution >= 4 is 23.5 Å². The molecule has 12 nitrogen and oxygen atoms in total. The fourth-order valence-electron chi connectivity index (χ4n) is 0.995. The summed E-state index contributed by atoms with van der Waals surface area (Å²) in [5.74, 6) is -0.625. The van der Waals surface area contributed by atoms with Crippen molar-refractivity contribution in [3.8, 4) is 0 Å². The second kappa shape index (κ2) is 8.98. The molecule has 0 heterocycles. The van der Waals surface area contributed by atoms with Gasteiger partial charge in [-0.05, 0) is 6.92 Å². The minimum Gasteiger partial charge on any atom is -0.303 e. The second-order valence-corrected chi connectivity index (χ2v) is 8.24. The van der Waals surface area contributed by atoms with Crippen LogP contribution in [0, 0.1) is 5.92 Å². The maximum absolute atomic E-state index is 11.5. The maximum Gasteiger partial charge on any atom is 0.472 e. The van der Waals surface area contributed by atoms with Crippen LogP contribution in [0.1, 0.15) is 13.8 Å². The molecule has 134 valence electrons. The van der Waals surface area contributed by atoms with Crippen LogP contribution >= 0.6 is 23.5 Å². The summed E-state index contributed by atoms with van der Waals surface area (Å²) in [6.07, 6.45) is -1.17. The Morgan fingerprint density at radius 2 is 1.23 bits per heavy atom. The van der Waals surface area contributed by atoms with Gasteiger partial charge in [-0.15, -0.1) is 0 Å². The molecule has 3 atom stereocenters. The molecule has 0 aromatic carbocycles. The Bertz CT molecular complexity index is 467. The lowest BCUT2D eigenvalue weighted by atomic mass is 10.2. The first-order valence-corrected chi connectivity index (χ1v) is 10.3. The highest BCUT2D eigenvalue weighted by atomic mass is 31.2.